The second kappa shape index (κ2) is 10.8. The molecule has 3 rings (SSSR count). The number of carbonyl (C=O) groups excluding carboxylic acids is 2. The number of hydrogen-bond acceptors (Lipinski definition) is 5. The van der Waals surface area contributed by atoms with Gasteiger partial charge in [0.1, 0.15) is 5.75 Å². The van der Waals surface area contributed by atoms with Crippen LogP contribution in [0.15, 0.2) is 53.4 Å². The zero-order chi connectivity index (χ0) is 24.0. The molecule has 1 saturated heterocycles. The monoisotopic (exact) mass is 473 g/mol. The van der Waals surface area contributed by atoms with Gasteiger partial charge in [0.2, 0.25) is 15.9 Å². The lowest BCUT2D eigenvalue weighted by molar-refractivity contribution is -0.116. The van der Waals surface area contributed by atoms with Crippen LogP contribution in [0, 0.1) is 0 Å². The average molecular weight is 474 g/mol. The van der Waals surface area contributed by atoms with Gasteiger partial charge in [0, 0.05) is 30.7 Å². The van der Waals surface area contributed by atoms with Gasteiger partial charge in [0.15, 0.2) is 0 Å². The predicted molar refractivity (Wildman–Crippen MR) is 127 cm³/mol. The molecule has 0 aliphatic carbocycles. The number of rotatable bonds is 8. The van der Waals surface area contributed by atoms with Gasteiger partial charge >= 0.3 is 0 Å². The molecule has 1 heterocycles. The lowest BCUT2D eigenvalue weighted by Gasteiger charge is -2.37. The first-order chi connectivity index (χ1) is 15.7. The van der Waals surface area contributed by atoms with Crippen molar-refractivity contribution >= 4 is 27.5 Å². The summed E-state index contributed by atoms with van der Waals surface area (Å²) < 4.78 is 33.0. The number of sulfonamides is 1. The molecule has 2 amide bonds. The molecule has 1 aliphatic rings. The highest BCUT2D eigenvalue weighted by atomic mass is 32.2. The maximum absolute atomic E-state index is 13.1. The minimum atomic E-state index is -3.60. The van der Waals surface area contributed by atoms with E-state index in [1.54, 1.807) is 40.7 Å². The van der Waals surface area contributed by atoms with Crippen molar-refractivity contribution in [2.45, 2.75) is 56.5 Å². The van der Waals surface area contributed by atoms with Crippen molar-refractivity contribution in [3.05, 3.63) is 54.1 Å². The summed E-state index contributed by atoms with van der Waals surface area (Å²) in [5, 5.41) is 5.43. The van der Waals surface area contributed by atoms with Gasteiger partial charge in [-0.1, -0.05) is 18.6 Å². The molecule has 9 heteroatoms. The van der Waals surface area contributed by atoms with E-state index in [4.69, 9.17) is 4.74 Å². The number of ether oxygens (including phenoxy) is 1. The summed E-state index contributed by atoms with van der Waals surface area (Å²) in [6, 6.07) is 13.0. The van der Waals surface area contributed by atoms with Crippen molar-refractivity contribution in [3.63, 3.8) is 0 Å². The Morgan fingerprint density at radius 1 is 1.03 bits per heavy atom. The molecular weight excluding hydrogens is 442 g/mol. The van der Waals surface area contributed by atoms with Crippen LogP contribution in [0.1, 0.15) is 49.9 Å². The summed E-state index contributed by atoms with van der Waals surface area (Å²) in [7, 11) is -2.11. The zero-order valence-corrected chi connectivity index (χ0v) is 20.0. The van der Waals surface area contributed by atoms with Crippen molar-refractivity contribution in [2.75, 3.05) is 19.0 Å². The van der Waals surface area contributed by atoms with Gasteiger partial charge < -0.3 is 15.4 Å². The van der Waals surface area contributed by atoms with Crippen LogP contribution < -0.4 is 15.4 Å². The third-order valence-electron chi connectivity index (χ3n) is 5.82. The van der Waals surface area contributed by atoms with Gasteiger partial charge in [-0.05, 0) is 63.1 Å². The van der Waals surface area contributed by atoms with Gasteiger partial charge in [0.25, 0.3) is 5.91 Å². The van der Waals surface area contributed by atoms with Gasteiger partial charge in [-0.2, -0.15) is 4.31 Å². The summed E-state index contributed by atoms with van der Waals surface area (Å²) in [4.78, 5) is 24.8. The van der Waals surface area contributed by atoms with E-state index in [9.17, 15) is 18.0 Å². The molecular formula is C24H31N3O5S. The fourth-order valence-electron chi connectivity index (χ4n) is 4.14. The summed E-state index contributed by atoms with van der Waals surface area (Å²) in [5.41, 5.74) is 0.893. The summed E-state index contributed by atoms with van der Waals surface area (Å²) in [5.74, 6) is -0.150. The molecule has 178 valence electrons. The number of hydrogen-bond donors (Lipinski definition) is 2. The molecule has 0 unspecified atom stereocenters. The summed E-state index contributed by atoms with van der Waals surface area (Å²) >= 11 is 0. The van der Waals surface area contributed by atoms with Crippen LogP contribution >= 0.6 is 0 Å². The van der Waals surface area contributed by atoms with Crippen molar-refractivity contribution in [1.82, 2.24) is 9.62 Å². The van der Waals surface area contributed by atoms with Crippen LogP contribution in [0.4, 0.5) is 5.69 Å². The number of amides is 2. The van der Waals surface area contributed by atoms with Gasteiger partial charge in [-0.3, -0.25) is 9.59 Å². The summed E-state index contributed by atoms with van der Waals surface area (Å²) in [6.45, 7) is 4.03. The number of carbonyl (C=O) groups is 2. The zero-order valence-electron chi connectivity index (χ0n) is 19.2. The lowest BCUT2D eigenvalue weighted by Crippen LogP contribution is -2.47. The van der Waals surface area contributed by atoms with E-state index >= 15 is 0 Å². The highest BCUT2D eigenvalue weighted by Gasteiger charge is 2.35. The van der Waals surface area contributed by atoms with Crippen molar-refractivity contribution in [3.8, 4) is 5.75 Å². The third-order valence-corrected chi connectivity index (χ3v) is 7.96. The average Bonchev–Trinajstić information content (AvgIpc) is 2.79. The van der Waals surface area contributed by atoms with Gasteiger partial charge in [-0.15, -0.1) is 0 Å². The number of piperidine rings is 1. The Balaban J connectivity index is 1.54. The minimum Gasteiger partial charge on any atom is -0.496 e. The van der Waals surface area contributed by atoms with Crippen LogP contribution in [0.2, 0.25) is 0 Å². The van der Waals surface area contributed by atoms with Crippen molar-refractivity contribution in [2.24, 2.45) is 0 Å². The van der Waals surface area contributed by atoms with E-state index in [-0.39, 0.29) is 41.8 Å². The largest absolute Gasteiger partial charge is 0.496 e. The Hall–Kier alpha value is -2.91. The highest BCUT2D eigenvalue weighted by molar-refractivity contribution is 7.89. The number of nitrogens with one attached hydrogen (secondary N) is 2. The Labute approximate surface area is 195 Å². The second-order valence-electron chi connectivity index (χ2n) is 8.24. The fraction of sp³-hybridized carbons (Fsp3) is 0.417. The van der Waals surface area contributed by atoms with Gasteiger partial charge in [0.05, 0.1) is 17.6 Å². The first-order valence-electron chi connectivity index (χ1n) is 11.1. The standard InChI is InChI=1S/C24H31N3O5S/c1-17-7-6-8-18(2)27(17)33(30,31)20-13-11-19(12-14-20)26-23(28)15-16-25-24(29)21-9-4-5-10-22(21)32-3/h4-5,9-14,17-18H,6-8,15-16H2,1-3H3,(H,25,29)(H,26,28)/t17-,18-/m0/s1. The highest BCUT2D eigenvalue weighted by Crippen LogP contribution is 2.30. The molecule has 0 radical (unpaired) electrons. The molecule has 8 nitrogen and oxygen atoms in total. The van der Waals surface area contributed by atoms with E-state index < -0.39 is 10.0 Å². The molecule has 33 heavy (non-hydrogen) atoms. The topological polar surface area (TPSA) is 105 Å². The normalized spacial score (nSPS) is 19.0. The molecule has 1 fully saturated rings. The molecule has 0 aromatic heterocycles. The lowest BCUT2D eigenvalue weighted by atomic mass is 10.0. The number of anilines is 1. The van der Waals surface area contributed by atoms with Crippen molar-refractivity contribution in [1.29, 1.82) is 0 Å². The minimum absolute atomic E-state index is 0.0378. The van der Waals surface area contributed by atoms with Crippen LogP contribution in [-0.2, 0) is 14.8 Å². The Kier molecular flexibility index (Phi) is 8.10. The number of methoxy groups -OCH3 is 1. The first-order valence-corrected chi connectivity index (χ1v) is 12.5. The SMILES string of the molecule is COc1ccccc1C(=O)NCCC(=O)Nc1ccc(S(=O)(=O)N2[C@@H](C)CCC[C@@H]2C)cc1. The first kappa shape index (κ1) is 24.7. The fourth-order valence-corrected chi connectivity index (χ4v) is 6.03. The van der Waals surface area contributed by atoms with Crippen molar-refractivity contribution < 1.29 is 22.7 Å². The third kappa shape index (κ3) is 5.91. The van der Waals surface area contributed by atoms with E-state index in [1.807, 2.05) is 13.8 Å². The molecule has 2 aromatic carbocycles. The number of nitrogens with zero attached hydrogens (tertiary/aromatic N) is 1. The quantitative estimate of drug-likeness (QED) is 0.611. The molecule has 0 spiro atoms. The molecule has 0 bridgehead atoms. The van der Waals surface area contributed by atoms with E-state index in [0.717, 1.165) is 19.3 Å². The van der Waals surface area contributed by atoms with E-state index in [0.29, 0.717) is 17.0 Å². The van der Waals surface area contributed by atoms with Crippen LogP contribution in [0.5, 0.6) is 5.75 Å². The maximum atomic E-state index is 13.1. The molecule has 2 atom stereocenters. The number of benzene rings is 2. The van der Waals surface area contributed by atoms with E-state index in [2.05, 4.69) is 10.6 Å². The Morgan fingerprint density at radius 3 is 2.30 bits per heavy atom. The van der Waals surface area contributed by atoms with Gasteiger partial charge in [-0.25, -0.2) is 8.42 Å². The summed E-state index contributed by atoms with van der Waals surface area (Å²) in [6.07, 6.45) is 2.80. The molecule has 1 aliphatic heterocycles. The second-order valence-corrected chi connectivity index (χ2v) is 10.1. The molecule has 2 N–H and O–H groups in total. The van der Waals surface area contributed by atoms with Crippen LogP contribution in [-0.4, -0.2) is 50.3 Å². The number of para-hydroxylation sites is 1. The Bertz CT molecular complexity index is 1080. The van der Waals surface area contributed by atoms with Crippen LogP contribution in [0.25, 0.3) is 0 Å². The van der Waals surface area contributed by atoms with E-state index in [1.165, 1.54) is 19.2 Å². The van der Waals surface area contributed by atoms with Crippen LogP contribution in [0.3, 0.4) is 0 Å². The molecule has 0 saturated carbocycles. The molecule has 2 aromatic rings. The smallest absolute Gasteiger partial charge is 0.255 e. The predicted octanol–water partition coefficient (Wildman–Crippen LogP) is 3.41. The Morgan fingerprint density at radius 2 is 1.67 bits per heavy atom. The maximum Gasteiger partial charge on any atom is 0.255 e.